The Kier molecular flexibility index (Phi) is 5.71. The molecule has 0 aliphatic rings. The van der Waals surface area contributed by atoms with Crippen LogP contribution in [0, 0.1) is 18.6 Å². The molecular formula is C22H14F4N2O3S2. The summed E-state index contributed by atoms with van der Waals surface area (Å²) >= 11 is 1.78. The van der Waals surface area contributed by atoms with Crippen LogP contribution < -0.4 is 5.32 Å². The Hall–Kier alpha value is -3.31. The predicted molar refractivity (Wildman–Crippen MR) is 119 cm³/mol. The average Bonchev–Trinajstić information content (AvgIpc) is 3.35. The van der Waals surface area contributed by atoms with Crippen LogP contribution in [0.15, 0.2) is 35.7 Å². The van der Waals surface area contributed by atoms with Crippen molar-refractivity contribution in [3.05, 3.63) is 69.0 Å². The topological polar surface area (TPSA) is 79.3 Å². The van der Waals surface area contributed by atoms with Gasteiger partial charge in [-0.3, -0.25) is 4.79 Å². The van der Waals surface area contributed by atoms with Gasteiger partial charge in [0.05, 0.1) is 10.2 Å². The summed E-state index contributed by atoms with van der Waals surface area (Å²) in [6, 6.07) is 6.44. The second-order valence-corrected chi connectivity index (χ2v) is 9.17. The van der Waals surface area contributed by atoms with Gasteiger partial charge in [0.15, 0.2) is 16.6 Å². The molecule has 0 fully saturated rings. The van der Waals surface area contributed by atoms with E-state index in [1.54, 1.807) is 0 Å². The summed E-state index contributed by atoms with van der Waals surface area (Å²) in [5.74, 6) is -7.56. The van der Waals surface area contributed by atoms with Gasteiger partial charge >= 0.3 is 5.97 Å². The van der Waals surface area contributed by atoms with E-state index in [2.05, 4.69) is 10.3 Å². The third-order valence-corrected chi connectivity index (χ3v) is 6.82. The van der Waals surface area contributed by atoms with Crippen molar-refractivity contribution < 1.29 is 32.3 Å². The van der Waals surface area contributed by atoms with Gasteiger partial charge in [0, 0.05) is 29.0 Å². The molecule has 5 nitrogen and oxygen atoms in total. The summed E-state index contributed by atoms with van der Waals surface area (Å²) in [7, 11) is 0. The summed E-state index contributed by atoms with van der Waals surface area (Å²) in [6.45, 7) is 2.13. The lowest BCUT2D eigenvalue weighted by atomic mass is 10.0. The zero-order chi connectivity index (χ0) is 24.1. The van der Waals surface area contributed by atoms with Crippen LogP contribution in [0.2, 0.25) is 0 Å². The highest BCUT2D eigenvalue weighted by molar-refractivity contribution is 7.20. The fraction of sp³-hybridized carbons (Fsp3) is 0.136. The van der Waals surface area contributed by atoms with Crippen LogP contribution in [0.1, 0.15) is 38.2 Å². The fourth-order valence-electron chi connectivity index (χ4n) is 3.17. The Bertz CT molecular complexity index is 1420. The summed E-state index contributed by atoms with van der Waals surface area (Å²) in [5.41, 5.74) is -0.720. The van der Waals surface area contributed by atoms with Crippen LogP contribution in [0.3, 0.4) is 0 Å². The molecule has 4 aromatic rings. The molecule has 0 atom stereocenters. The number of nitrogens with zero attached hydrogens (tertiary/aromatic N) is 1. The number of nitrogens with one attached hydrogen (secondary N) is 1. The maximum atomic E-state index is 14.5. The van der Waals surface area contributed by atoms with E-state index < -0.39 is 35.0 Å². The summed E-state index contributed by atoms with van der Waals surface area (Å²) < 4.78 is 56.1. The molecule has 11 heteroatoms. The van der Waals surface area contributed by atoms with E-state index >= 15 is 0 Å². The van der Waals surface area contributed by atoms with Crippen molar-refractivity contribution >= 4 is 49.8 Å². The van der Waals surface area contributed by atoms with Crippen molar-refractivity contribution in [2.75, 3.05) is 5.32 Å². The normalized spacial score (nSPS) is 11.7. The second kappa shape index (κ2) is 8.23. The predicted octanol–water partition coefficient (Wildman–Crippen LogP) is 6.67. The van der Waals surface area contributed by atoms with Gasteiger partial charge in [-0.1, -0.05) is 18.2 Å². The Morgan fingerprint density at radius 1 is 1.09 bits per heavy atom. The standard InChI is InChI=1S/C22H14F4N2O3S2/c1-9-3-5-11(17(24)16(9)23)12-8-32-19(15(12)21(30)31)28-18(29)20-27-13-7-10(22(2,25)26)4-6-14(13)33-20/h3-8H,1-2H3,(H,28,29)(H,30,31). The molecule has 2 aromatic carbocycles. The van der Waals surface area contributed by atoms with E-state index in [0.29, 0.717) is 4.70 Å². The molecule has 0 saturated carbocycles. The number of anilines is 1. The minimum absolute atomic E-state index is 0.0664. The number of aryl methyl sites for hydroxylation is 1. The third-order valence-electron chi connectivity index (χ3n) is 4.89. The molecule has 2 N–H and O–H groups in total. The van der Waals surface area contributed by atoms with Crippen LogP contribution in [0.4, 0.5) is 22.6 Å². The number of thiophene rings is 1. The molecule has 0 radical (unpaired) electrons. The van der Waals surface area contributed by atoms with Crippen molar-refractivity contribution in [2.24, 2.45) is 0 Å². The Labute approximate surface area is 192 Å². The Morgan fingerprint density at radius 2 is 1.82 bits per heavy atom. The zero-order valence-corrected chi connectivity index (χ0v) is 18.6. The number of fused-ring (bicyclic) bond motifs is 1. The maximum Gasteiger partial charge on any atom is 0.339 e. The number of carbonyl (C=O) groups excluding carboxylic acids is 1. The van der Waals surface area contributed by atoms with Gasteiger partial charge in [-0.25, -0.2) is 27.3 Å². The molecule has 0 spiro atoms. The van der Waals surface area contributed by atoms with Crippen LogP contribution >= 0.6 is 22.7 Å². The SMILES string of the molecule is Cc1ccc(-c2csc(NC(=O)c3nc4cc(C(C)(F)F)ccc4s3)c2C(=O)O)c(F)c1F. The monoisotopic (exact) mass is 494 g/mol. The molecule has 0 bridgehead atoms. The lowest BCUT2D eigenvalue weighted by Crippen LogP contribution is -2.13. The number of halogens is 4. The number of carboxylic acid groups (broad SMARTS) is 1. The smallest absolute Gasteiger partial charge is 0.339 e. The first kappa shape index (κ1) is 22.9. The Morgan fingerprint density at radius 3 is 2.48 bits per heavy atom. The maximum absolute atomic E-state index is 14.5. The number of alkyl halides is 2. The van der Waals surface area contributed by atoms with Gasteiger partial charge in [-0.2, -0.15) is 0 Å². The molecule has 2 aromatic heterocycles. The first-order valence-electron chi connectivity index (χ1n) is 9.37. The zero-order valence-electron chi connectivity index (χ0n) is 17.0. The molecule has 4 rings (SSSR count). The fourth-order valence-corrected chi connectivity index (χ4v) is 4.96. The number of thiazole rings is 1. The van der Waals surface area contributed by atoms with E-state index in [9.17, 15) is 32.3 Å². The first-order chi connectivity index (χ1) is 15.5. The molecule has 2 heterocycles. The number of hydrogen-bond acceptors (Lipinski definition) is 5. The third kappa shape index (κ3) is 4.21. The minimum atomic E-state index is -3.07. The van der Waals surface area contributed by atoms with E-state index in [0.717, 1.165) is 29.6 Å². The van der Waals surface area contributed by atoms with E-state index in [1.165, 1.54) is 42.6 Å². The van der Waals surface area contributed by atoms with Gasteiger partial charge < -0.3 is 10.4 Å². The van der Waals surface area contributed by atoms with Crippen molar-refractivity contribution in [2.45, 2.75) is 19.8 Å². The van der Waals surface area contributed by atoms with Crippen molar-refractivity contribution in [1.82, 2.24) is 4.98 Å². The second-order valence-electron chi connectivity index (χ2n) is 7.26. The number of amides is 1. The van der Waals surface area contributed by atoms with E-state index in [1.807, 2.05) is 0 Å². The van der Waals surface area contributed by atoms with Crippen LogP contribution in [0.5, 0.6) is 0 Å². The summed E-state index contributed by atoms with van der Waals surface area (Å²) in [4.78, 5) is 28.7. The highest BCUT2D eigenvalue weighted by Gasteiger charge is 2.27. The molecular weight excluding hydrogens is 480 g/mol. The van der Waals surface area contributed by atoms with Crippen LogP contribution in [-0.4, -0.2) is 22.0 Å². The lowest BCUT2D eigenvalue weighted by molar-refractivity contribution is 0.0176. The van der Waals surface area contributed by atoms with Crippen molar-refractivity contribution in [3.8, 4) is 11.1 Å². The van der Waals surface area contributed by atoms with Crippen LogP contribution in [0.25, 0.3) is 21.3 Å². The van der Waals surface area contributed by atoms with Gasteiger partial charge in [0.25, 0.3) is 11.8 Å². The van der Waals surface area contributed by atoms with Gasteiger partial charge in [-0.15, -0.1) is 22.7 Å². The van der Waals surface area contributed by atoms with Crippen LogP contribution in [-0.2, 0) is 5.92 Å². The Balaban J connectivity index is 1.69. The first-order valence-corrected chi connectivity index (χ1v) is 11.1. The quantitative estimate of drug-likeness (QED) is 0.304. The van der Waals surface area contributed by atoms with Crippen molar-refractivity contribution in [1.29, 1.82) is 0 Å². The van der Waals surface area contributed by atoms with Crippen molar-refractivity contribution in [3.63, 3.8) is 0 Å². The van der Waals surface area contributed by atoms with Gasteiger partial charge in [0.2, 0.25) is 0 Å². The van der Waals surface area contributed by atoms with Gasteiger partial charge in [0.1, 0.15) is 10.6 Å². The highest BCUT2D eigenvalue weighted by atomic mass is 32.1. The molecule has 0 saturated heterocycles. The molecule has 0 unspecified atom stereocenters. The number of aromatic carboxylic acids is 1. The molecule has 0 aliphatic heterocycles. The number of hydrogen-bond donors (Lipinski definition) is 2. The summed E-state index contributed by atoms with van der Waals surface area (Å²) in [6.07, 6.45) is 0. The minimum Gasteiger partial charge on any atom is -0.478 e. The highest BCUT2D eigenvalue weighted by Crippen LogP contribution is 2.38. The lowest BCUT2D eigenvalue weighted by Gasteiger charge is -2.09. The van der Waals surface area contributed by atoms with E-state index in [-0.39, 0.29) is 37.8 Å². The van der Waals surface area contributed by atoms with Gasteiger partial charge in [-0.05, 0) is 24.6 Å². The largest absolute Gasteiger partial charge is 0.478 e. The summed E-state index contributed by atoms with van der Waals surface area (Å²) in [5, 5.41) is 13.2. The average molecular weight is 494 g/mol. The number of benzene rings is 2. The number of carboxylic acids is 1. The number of aromatic nitrogens is 1. The number of carbonyl (C=O) groups is 2. The van der Waals surface area contributed by atoms with E-state index in [4.69, 9.17) is 0 Å². The molecule has 33 heavy (non-hydrogen) atoms. The molecule has 0 aliphatic carbocycles. The molecule has 170 valence electrons. The number of rotatable bonds is 5. The molecule has 1 amide bonds.